The molecule has 2 aromatic rings. The molecule has 0 fully saturated rings. The molecule has 0 radical (unpaired) electrons. The minimum Gasteiger partial charge on any atom is -0.467 e. The average molecular weight is 357 g/mol. The van der Waals surface area contributed by atoms with E-state index in [0.717, 1.165) is 10.6 Å². The number of rotatable bonds is 6. The summed E-state index contributed by atoms with van der Waals surface area (Å²) in [6.45, 7) is 1.71. The number of hydrogen-bond donors (Lipinski definition) is 1. The zero-order valence-corrected chi connectivity index (χ0v) is 14.3. The zero-order chi connectivity index (χ0) is 17.0. The second-order valence-corrected chi connectivity index (χ2v) is 7.30. The van der Waals surface area contributed by atoms with Gasteiger partial charge in [-0.2, -0.15) is 0 Å². The summed E-state index contributed by atoms with van der Waals surface area (Å²) in [6.07, 6.45) is 2.55. The number of carbonyl (C=O) groups excluding carboxylic acids is 1. The van der Waals surface area contributed by atoms with Gasteiger partial charge >= 0.3 is 0 Å². The number of amides is 1. The SMILES string of the molecule is CC(C(=O)NCc1ccco1)N(c1ccc(Cl)cc1)S(C)(=O)=O. The molecule has 0 aliphatic rings. The maximum atomic E-state index is 12.3. The molecule has 1 amide bonds. The van der Waals surface area contributed by atoms with Crippen LogP contribution < -0.4 is 9.62 Å². The van der Waals surface area contributed by atoms with Crippen LogP contribution in [-0.4, -0.2) is 26.6 Å². The van der Waals surface area contributed by atoms with Crippen molar-refractivity contribution in [2.75, 3.05) is 10.6 Å². The maximum Gasteiger partial charge on any atom is 0.243 e. The third-order valence-corrected chi connectivity index (χ3v) is 4.68. The summed E-state index contributed by atoms with van der Waals surface area (Å²) in [5.41, 5.74) is 0.373. The van der Waals surface area contributed by atoms with Crippen LogP contribution in [0.25, 0.3) is 0 Å². The molecule has 0 aliphatic carbocycles. The zero-order valence-electron chi connectivity index (χ0n) is 12.7. The number of carbonyl (C=O) groups is 1. The van der Waals surface area contributed by atoms with Crippen LogP contribution in [0.15, 0.2) is 47.1 Å². The Bertz CT molecular complexity index is 757. The maximum absolute atomic E-state index is 12.3. The van der Waals surface area contributed by atoms with Gasteiger partial charge in [0.05, 0.1) is 24.8 Å². The van der Waals surface area contributed by atoms with Gasteiger partial charge in [0.15, 0.2) is 0 Å². The molecule has 0 spiro atoms. The highest BCUT2D eigenvalue weighted by atomic mass is 35.5. The van der Waals surface area contributed by atoms with Crippen LogP contribution in [-0.2, 0) is 21.4 Å². The number of benzene rings is 1. The molecule has 0 saturated carbocycles. The van der Waals surface area contributed by atoms with Gasteiger partial charge < -0.3 is 9.73 Å². The number of anilines is 1. The fourth-order valence-electron chi connectivity index (χ4n) is 2.13. The van der Waals surface area contributed by atoms with Crippen LogP contribution in [0.1, 0.15) is 12.7 Å². The number of sulfonamides is 1. The number of nitrogens with zero attached hydrogens (tertiary/aromatic N) is 1. The molecule has 0 aliphatic heterocycles. The van der Waals surface area contributed by atoms with E-state index < -0.39 is 22.0 Å². The summed E-state index contributed by atoms with van der Waals surface area (Å²) in [7, 11) is -3.64. The third-order valence-electron chi connectivity index (χ3n) is 3.19. The third kappa shape index (κ3) is 4.49. The van der Waals surface area contributed by atoms with E-state index >= 15 is 0 Å². The summed E-state index contributed by atoms with van der Waals surface area (Å²) < 4.78 is 30.4. The molecule has 2 rings (SSSR count). The molecule has 1 N–H and O–H groups in total. The van der Waals surface area contributed by atoms with Crippen LogP contribution in [0, 0.1) is 0 Å². The van der Waals surface area contributed by atoms with E-state index in [1.807, 2.05) is 0 Å². The highest BCUT2D eigenvalue weighted by Gasteiger charge is 2.29. The Hall–Kier alpha value is -1.99. The summed E-state index contributed by atoms with van der Waals surface area (Å²) in [4.78, 5) is 12.3. The molecule has 0 bridgehead atoms. The van der Waals surface area contributed by atoms with Gasteiger partial charge in [0.1, 0.15) is 11.8 Å². The second-order valence-electron chi connectivity index (χ2n) is 5.01. The van der Waals surface area contributed by atoms with Crippen LogP contribution in [0.4, 0.5) is 5.69 Å². The standard InChI is InChI=1S/C15H17ClN2O4S/c1-11(15(19)17-10-14-4-3-9-22-14)18(23(2,20)21)13-7-5-12(16)6-8-13/h3-9,11H,10H2,1-2H3,(H,17,19). The van der Waals surface area contributed by atoms with Gasteiger partial charge in [0, 0.05) is 5.02 Å². The molecule has 1 aromatic heterocycles. The van der Waals surface area contributed by atoms with Crippen molar-refractivity contribution in [2.45, 2.75) is 19.5 Å². The first kappa shape index (κ1) is 17.4. The Kier molecular flexibility index (Phi) is 5.33. The molecule has 8 heteroatoms. The van der Waals surface area contributed by atoms with Gasteiger partial charge in [0.2, 0.25) is 15.9 Å². The minimum atomic E-state index is -3.64. The number of hydrogen-bond acceptors (Lipinski definition) is 4. The average Bonchev–Trinajstić information content (AvgIpc) is 2.99. The van der Waals surface area contributed by atoms with E-state index in [1.165, 1.54) is 13.2 Å². The van der Waals surface area contributed by atoms with Crippen LogP contribution in [0.5, 0.6) is 0 Å². The normalized spacial score (nSPS) is 12.7. The van der Waals surface area contributed by atoms with E-state index in [9.17, 15) is 13.2 Å². The minimum absolute atomic E-state index is 0.189. The molecule has 1 atom stereocenters. The molecule has 1 aromatic carbocycles. The fraction of sp³-hybridized carbons (Fsp3) is 0.267. The van der Waals surface area contributed by atoms with Gasteiger partial charge in [-0.05, 0) is 43.3 Å². The smallest absolute Gasteiger partial charge is 0.243 e. The first-order valence-electron chi connectivity index (χ1n) is 6.84. The predicted molar refractivity (Wildman–Crippen MR) is 88.8 cm³/mol. The molecule has 1 heterocycles. The monoisotopic (exact) mass is 356 g/mol. The van der Waals surface area contributed by atoms with Crippen LogP contribution >= 0.6 is 11.6 Å². The van der Waals surface area contributed by atoms with Crippen molar-refractivity contribution in [3.63, 3.8) is 0 Å². The van der Waals surface area contributed by atoms with Crippen molar-refractivity contribution >= 4 is 33.2 Å². The van der Waals surface area contributed by atoms with E-state index in [0.29, 0.717) is 16.5 Å². The summed E-state index contributed by atoms with van der Waals surface area (Å²) in [5.74, 6) is 0.157. The van der Waals surface area contributed by atoms with Crippen molar-refractivity contribution in [3.8, 4) is 0 Å². The lowest BCUT2D eigenvalue weighted by Gasteiger charge is -2.28. The van der Waals surface area contributed by atoms with E-state index in [1.54, 1.807) is 36.4 Å². The molecule has 6 nitrogen and oxygen atoms in total. The summed E-state index contributed by atoms with van der Waals surface area (Å²) in [6, 6.07) is 8.77. The van der Waals surface area contributed by atoms with Gasteiger partial charge in [-0.1, -0.05) is 11.6 Å². The lowest BCUT2D eigenvalue weighted by Crippen LogP contribution is -2.47. The second kappa shape index (κ2) is 7.06. The first-order valence-corrected chi connectivity index (χ1v) is 9.07. The fourth-order valence-corrected chi connectivity index (χ4v) is 3.43. The van der Waals surface area contributed by atoms with Crippen molar-refractivity contribution < 1.29 is 17.6 Å². The van der Waals surface area contributed by atoms with Crippen LogP contribution in [0.2, 0.25) is 5.02 Å². The van der Waals surface area contributed by atoms with Crippen LogP contribution in [0.3, 0.4) is 0 Å². The van der Waals surface area contributed by atoms with Gasteiger partial charge in [-0.3, -0.25) is 9.10 Å². The summed E-state index contributed by atoms with van der Waals surface area (Å²) in [5, 5.41) is 3.14. The predicted octanol–water partition coefficient (Wildman–Crippen LogP) is 2.40. The van der Waals surface area contributed by atoms with Gasteiger partial charge in [-0.25, -0.2) is 8.42 Å². The van der Waals surface area contributed by atoms with E-state index in [2.05, 4.69) is 5.32 Å². The van der Waals surface area contributed by atoms with E-state index in [-0.39, 0.29) is 6.54 Å². The van der Waals surface area contributed by atoms with E-state index in [4.69, 9.17) is 16.0 Å². The largest absolute Gasteiger partial charge is 0.467 e. The highest BCUT2D eigenvalue weighted by Crippen LogP contribution is 2.23. The first-order chi connectivity index (χ1) is 10.8. The van der Waals surface area contributed by atoms with Crippen molar-refractivity contribution in [3.05, 3.63) is 53.4 Å². The summed E-state index contributed by atoms with van der Waals surface area (Å²) >= 11 is 5.82. The van der Waals surface area contributed by atoms with Gasteiger partial charge in [-0.15, -0.1) is 0 Å². The Balaban J connectivity index is 2.18. The Morgan fingerprint density at radius 1 is 1.30 bits per heavy atom. The van der Waals surface area contributed by atoms with Gasteiger partial charge in [0.25, 0.3) is 0 Å². The van der Waals surface area contributed by atoms with Crippen molar-refractivity contribution in [1.29, 1.82) is 0 Å². The Morgan fingerprint density at radius 3 is 2.48 bits per heavy atom. The number of furan rings is 1. The molecule has 124 valence electrons. The molecule has 23 heavy (non-hydrogen) atoms. The molecule has 1 unspecified atom stereocenters. The topological polar surface area (TPSA) is 79.6 Å². The highest BCUT2D eigenvalue weighted by molar-refractivity contribution is 7.92. The number of halogens is 1. The van der Waals surface area contributed by atoms with Crippen molar-refractivity contribution in [1.82, 2.24) is 5.32 Å². The molecular formula is C15H17ClN2O4S. The Labute approximate surface area is 140 Å². The lowest BCUT2D eigenvalue weighted by atomic mass is 10.2. The quantitative estimate of drug-likeness (QED) is 0.861. The van der Waals surface area contributed by atoms with Crippen molar-refractivity contribution in [2.24, 2.45) is 0 Å². The Morgan fingerprint density at radius 2 is 1.96 bits per heavy atom. The number of nitrogens with one attached hydrogen (secondary N) is 1. The lowest BCUT2D eigenvalue weighted by molar-refractivity contribution is -0.122. The molecule has 0 saturated heterocycles. The molecular weight excluding hydrogens is 340 g/mol.